The maximum absolute atomic E-state index is 14.3. The number of nitrogens with zero attached hydrogens (tertiary/aromatic N) is 1. The van der Waals surface area contributed by atoms with Crippen molar-refractivity contribution < 1.29 is 19.1 Å². The SMILES string of the molecule is C=Cc1cccc(C(C(=O)Nc2c(C)cccc2Cl)N(C(=O)C(NC(=O)OC(C)(C)C)C(C)C)C(C)CC)c1. The lowest BCUT2D eigenvalue weighted by atomic mass is 9.95. The first-order valence-corrected chi connectivity index (χ1v) is 13.7. The van der Waals surface area contributed by atoms with E-state index in [0.29, 0.717) is 22.7 Å². The summed E-state index contributed by atoms with van der Waals surface area (Å²) in [6.07, 6.45) is 1.58. The summed E-state index contributed by atoms with van der Waals surface area (Å²) in [6, 6.07) is 10.4. The number of aryl methyl sites for hydroxylation is 1. The highest BCUT2D eigenvalue weighted by Gasteiger charge is 2.39. The van der Waals surface area contributed by atoms with Crippen LogP contribution in [0.25, 0.3) is 6.08 Å². The largest absolute Gasteiger partial charge is 0.444 e. The van der Waals surface area contributed by atoms with Gasteiger partial charge in [-0.3, -0.25) is 9.59 Å². The number of hydrogen-bond donors (Lipinski definition) is 2. The molecule has 0 fully saturated rings. The van der Waals surface area contributed by atoms with E-state index in [1.54, 1.807) is 37.8 Å². The van der Waals surface area contributed by atoms with Crippen LogP contribution in [0.4, 0.5) is 10.5 Å². The molecule has 0 heterocycles. The summed E-state index contributed by atoms with van der Waals surface area (Å²) in [7, 11) is 0. The summed E-state index contributed by atoms with van der Waals surface area (Å²) in [5.41, 5.74) is 1.97. The molecule has 3 amide bonds. The van der Waals surface area contributed by atoms with Crippen LogP contribution in [0.2, 0.25) is 5.02 Å². The number of benzene rings is 2. The molecule has 0 saturated heterocycles. The van der Waals surface area contributed by atoms with Gasteiger partial charge in [-0.25, -0.2) is 4.79 Å². The van der Waals surface area contributed by atoms with Crippen LogP contribution in [-0.4, -0.2) is 40.5 Å². The Hall–Kier alpha value is -3.32. The molecule has 0 bridgehead atoms. The summed E-state index contributed by atoms with van der Waals surface area (Å²) >= 11 is 6.44. The van der Waals surface area contributed by atoms with Crippen molar-refractivity contribution in [2.24, 2.45) is 5.92 Å². The first-order chi connectivity index (χ1) is 18.2. The highest BCUT2D eigenvalue weighted by Crippen LogP contribution is 2.32. The van der Waals surface area contributed by atoms with E-state index in [1.807, 2.05) is 71.0 Å². The van der Waals surface area contributed by atoms with Gasteiger partial charge in [-0.05, 0) is 75.8 Å². The van der Waals surface area contributed by atoms with Crippen molar-refractivity contribution in [2.75, 3.05) is 5.32 Å². The maximum atomic E-state index is 14.3. The third-order valence-electron chi connectivity index (χ3n) is 6.38. The van der Waals surface area contributed by atoms with Gasteiger partial charge < -0.3 is 20.3 Å². The van der Waals surface area contributed by atoms with E-state index in [9.17, 15) is 14.4 Å². The summed E-state index contributed by atoms with van der Waals surface area (Å²) in [6.45, 7) is 18.5. The quantitative estimate of drug-likeness (QED) is 0.326. The van der Waals surface area contributed by atoms with Gasteiger partial charge in [0.1, 0.15) is 17.7 Å². The zero-order chi connectivity index (χ0) is 29.5. The number of amides is 3. The van der Waals surface area contributed by atoms with Crippen molar-refractivity contribution in [1.29, 1.82) is 0 Å². The Balaban J connectivity index is 2.64. The topological polar surface area (TPSA) is 87.7 Å². The van der Waals surface area contributed by atoms with Crippen LogP contribution < -0.4 is 10.6 Å². The summed E-state index contributed by atoms with van der Waals surface area (Å²) in [5, 5.41) is 6.11. The molecule has 2 N–H and O–H groups in total. The molecule has 0 aliphatic heterocycles. The number of carbonyl (C=O) groups is 3. The van der Waals surface area contributed by atoms with E-state index in [2.05, 4.69) is 17.2 Å². The van der Waals surface area contributed by atoms with Crippen molar-refractivity contribution in [3.05, 3.63) is 70.8 Å². The number of para-hydroxylation sites is 1. The number of rotatable bonds is 10. The Kier molecular flexibility index (Phi) is 11.2. The van der Waals surface area contributed by atoms with E-state index in [1.165, 1.54) is 0 Å². The van der Waals surface area contributed by atoms with E-state index in [-0.39, 0.29) is 17.9 Å². The highest BCUT2D eigenvalue weighted by atomic mass is 35.5. The Bertz CT molecular complexity index is 1170. The minimum atomic E-state index is -1.01. The summed E-state index contributed by atoms with van der Waals surface area (Å²) < 4.78 is 5.44. The zero-order valence-corrected chi connectivity index (χ0v) is 25.1. The van der Waals surface area contributed by atoms with Crippen molar-refractivity contribution in [2.45, 2.75) is 85.5 Å². The predicted octanol–water partition coefficient (Wildman–Crippen LogP) is 7.15. The molecule has 2 rings (SSSR count). The fourth-order valence-corrected chi connectivity index (χ4v) is 4.45. The van der Waals surface area contributed by atoms with Gasteiger partial charge in [-0.1, -0.05) is 75.4 Å². The smallest absolute Gasteiger partial charge is 0.408 e. The monoisotopic (exact) mass is 555 g/mol. The number of anilines is 1. The van der Waals surface area contributed by atoms with Gasteiger partial charge in [-0.2, -0.15) is 0 Å². The van der Waals surface area contributed by atoms with Crippen LogP contribution in [0.15, 0.2) is 49.0 Å². The van der Waals surface area contributed by atoms with Gasteiger partial charge in [0.05, 0.1) is 10.7 Å². The normalized spacial score (nSPS) is 13.7. The number of ether oxygens (including phenoxy) is 1. The second-order valence-electron chi connectivity index (χ2n) is 11.1. The fourth-order valence-electron chi connectivity index (χ4n) is 4.18. The Labute approximate surface area is 237 Å². The molecular weight excluding hydrogens is 514 g/mol. The second-order valence-corrected chi connectivity index (χ2v) is 11.5. The molecule has 7 nitrogen and oxygen atoms in total. The average molecular weight is 556 g/mol. The van der Waals surface area contributed by atoms with Crippen molar-refractivity contribution in [3.63, 3.8) is 0 Å². The molecule has 2 aromatic rings. The molecule has 212 valence electrons. The van der Waals surface area contributed by atoms with E-state index < -0.39 is 29.7 Å². The molecule has 3 atom stereocenters. The molecule has 0 aliphatic rings. The number of nitrogens with one attached hydrogen (secondary N) is 2. The maximum Gasteiger partial charge on any atom is 0.408 e. The van der Waals surface area contributed by atoms with E-state index >= 15 is 0 Å². The average Bonchev–Trinajstić information content (AvgIpc) is 2.85. The van der Waals surface area contributed by atoms with Gasteiger partial charge in [-0.15, -0.1) is 0 Å². The Morgan fingerprint density at radius 2 is 1.74 bits per heavy atom. The molecule has 0 saturated carbocycles. The predicted molar refractivity (Wildman–Crippen MR) is 159 cm³/mol. The van der Waals surface area contributed by atoms with Crippen LogP contribution >= 0.6 is 11.6 Å². The molecule has 2 aromatic carbocycles. The molecule has 0 radical (unpaired) electrons. The van der Waals surface area contributed by atoms with Crippen molar-refractivity contribution in [1.82, 2.24) is 10.2 Å². The number of carbonyl (C=O) groups excluding carboxylic acids is 3. The first-order valence-electron chi connectivity index (χ1n) is 13.3. The molecule has 39 heavy (non-hydrogen) atoms. The van der Waals surface area contributed by atoms with Gasteiger partial charge in [0.25, 0.3) is 5.91 Å². The Morgan fingerprint density at radius 1 is 1.10 bits per heavy atom. The number of halogens is 1. The van der Waals surface area contributed by atoms with Gasteiger partial charge in [0, 0.05) is 6.04 Å². The van der Waals surface area contributed by atoms with Crippen LogP contribution in [0.1, 0.15) is 77.6 Å². The van der Waals surface area contributed by atoms with Crippen LogP contribution in [0.5, 0.6) is 0 Å². The van der Waals surface area contributed by atoms with Crippen molar-refractivity contribution >= 4 is 41.3 Å². The van der Waals surface area contributed by atoms with Crippen LogP contribution in [0.3, 0.4) is 0 Å². The standard InChI is InChI=1S/C31H42ClN3O4/c1-10-21(6)35(29(37)25(19(3)4)34-30(38)39-31(7,8)9)27(23-16-13-15-22(11-2)18-23)28(36)33-26-20(5)14-12-17-24(26)32/h11-19,21,25,27H,2,10H2,1,3-9H3,(H,33,36)(H,34,38). The lowest BCUT2D eigenvalue weighted by Gasteiger charge is -2.39. The third kappa shape index (κ3) is 8.59. The fraction of sp³-hybridized carbons (Fsp3) is 0.452. The summed E-state index contributed by atoms with van der Waals surface area (Å²) in [5.74, 6) is -1.07. The van der Waals surface area contributed by atoms with Gasteiger partial charge in [0.15, 0.2) is 0 Å². The lowest BCUT2D eigenvalue weighted by molar-refractivity contribution is -0.144. The van der Waals surface area contributed by atoms with E-state index in [4.69, 9.17) is 16.3 Å². The summed E-state index contributed by atoms with van der Waals surface area (Å²) in [4.78, 5) is 42.6. The lowest BCUT2D eigenvalue weighted by Crippen LogP contribution is -2.56. The highest BCUT2D eigenvalue weighted by molar-refractivity contribution is 6.34. The molecular formula is C31H42ClN3O4. The number of hydrogen-bond acceptors (Lipinski definition) is 4. The molecule has 3 unspecified atom stereocenters. The minimum Gasteiger partial charge on any atom is -0.444 e. The number of alkyl carbamates (subject to hydrolysis) is 1. The van der Waals surface area contributed by atoms with Crippen molar-refractivity contribution in [3.8, 4) is 0 Å². The van der Waals surface area contributed by atoms with Gasteiger partial charge in [0.2, 0.25) is 5.91 Å². The molecule has 8 heteroatoms. The molecule has 0 aliphatic carbocycles. The molecule has 0 spiro atoms. The first kappa shape index (κ1) is 31.9. The minimum absolute atomic E-state index is 0.273. The van der Waals surface area contributed by atoms with Crippen LogP contribution in [0, 0.1) is 12.8 Å². The third-order valence-corrected chi connectivity index (χ3v) is 6.70. The van der Waals surface area contributed by atoms with E-state index in [0.717, 1.165) is 11.1 Å². The Morgan fingerprint density at radius 3 is 2.28 bits per heavy atom. The second kappa shape index (κ2) is 13.7. The van der Waals surface area contributed by atoms with Gasteiger partial charge >= 0.3 is 6.09 Å². The van der Waals surface area contributed by atoms with Crippen LogP contribution in [-0.2, 0) is 14.3 Å². The zero-order valence-electron chi connectivity index (χ0n) is 24.3. The molecule has 0 aromatic heterocycles.